The summed E-state index contributed by atoms with van der Waals surface area (Å²) in [5, 5.41) is 7.23. The molecule has 1 aromatic rings. The maximum absolute atomic E-state index is 11.8. The second-order valence-electron chi connectivity index (χ2n) is 4.15. The Morgan fingerprint density at radius 1 is 1.50 bits per heavy atom. The Balaban J connectivity index is 1.69. The van der Waals surface area contributed by atoms with Gasteiger partial charge in [0.2, 0.25) is 5.91 Å². The molecule has 1 N–H and O–H groups in total. The first-order chi connectivity index (χ1) is 7.86. The number of amides is 1. The third kappa shape index (κ3) is 3.20. The fourth-order valence-electron chi connectivity index (χ4n) is 1.94. The molecule has 0 fully saturated rings. The Bertz CT molecular complexity index is 356. The average molecular weight is 235 g/mol. The van der Waals surface area contributed by atoms with Gasteiger partial charge in [-0.1, -0.05) is 12.2 Å². The van der Waals surface area contributed by atoms with E-state index in [-0.39, 0.29) is 11.8 Å². The molecule has 0 aliphatic heterocycles. The first-order valence-corrected chi connectivity index (χ1v) is 6.74. The van der Waals surface area contributed by atoms with Crippen LogP contribution < -0.4 is 5.32 Å². The summed E-state index contributed by atoms with van der Waals surface area (Å²) >= 11 is 1.70. The molecule has 0 bridgehead atoms. The highest BCUT2D eigenvalue weighted by molar-refractivity contribution is 7.07. The predicted octanol–water partition coefficient (Wildman–Crippen LogP) is 2.76. The smallest absolute Gasteiger partial charge is 0.223 e. The van der Waals surface area contributed by atoms with Crippen molar-refractivity contribution in [1.82, 2.24) is 5.32 Å². The fraction of sp³-hybridized carbons (Fsp3) is 0.462. The zero-order chi connectivity index (χ0) is 11.2. The molecule has 3 heteroatoms. The van der Waals surface area contributed by atoms with Crippen LogP contribution in [-0.2, 0) is 11.2 Å². The Kier molecular flexibility index (Phi) is 4.17. The number of allylic oxidation sites excluding steroid dienone is 2. The lowest BCUT2D eigenvalue weighted by molar-refractivity contribution is -0.125. The van der Waals surface area contributed by atoms with E-state index < -0.39 is 0 Å². The summed E-state index contributed by atoms with van der Waals surface area (Å²) in [6.45, 7) is 0.760. The van der Waals surface area contributed by atoms with Crippen molar-refractivity contribution in [3.8, 4) is 0 Å². The van der Waals surface area contributed by atoms with Crippen molar-refractivity contribution in [2.75, 3.05) is 6.54 Å². The van der Waals surface area contributed by atoms with Gasteiger partial charge in [0.1, 0.15) is 0 Å². The van der Waals surface area contributed by atoms with Crippen LogP contribution in [0.15, 0.2) is 29.0 Å². The van der Waals surface area contributed by atoms with Gasteiger partial charge in [0.05, 0.1) is 0 Å². The number of rotatable bonds is 4. The van der Waals surface area contributed by atoms with Crippen molar-refractivity contribution < 1.29 is 4.79 Å². The van der Waals surface area contributed by atoms with Crippen LogP contribution in [-0.4, -0.2) is 12.5 Å². The number of hydrogen-bond acceptors (Lipinski definition) is 2. The third-order valence-electron chi connectivity index (χ3n) is 2.93. The zero-order valence-electron chi connectivity index (χ0n) is 9.32. The van der Waals surface area contributed by atoms with Crippen molar-refractivity contribution in [3.05, 3.63) is 34.5 Å². The quantitative estimate of drug-likeness (QED) is 0.799. The summed E-state index contributed by atoms with van der Waals surface area (Å²) in [5.41, 5.74) is 1.31. The summed E-state index contributed by atoms with van der Waals surface area (Å²) in [6, 6.07) is 2.11. The van der Waals surface area contributed by atoms with Crippen LogP contribution in [0.4, 0.5) is 0 Å². The summed E-state index contributed by atoms with van der Waals surface area (Å²) < 4.78 is 0. The van der Waals surface area contributed by atoms with Crippen LogP contribution in [0.1, 0.15) is 24.8 Å². The van der Waals surface area contributed by atoms with Crippen molar-refractivity contribution in [3.63, 3.8) is 0 Å². The molecule has 86 valence electrons. The number of hydrogen-bond donors (Lipinski definition) is 1. The monoisotopic (exact) mass is 235 g/mol. The van der Waals surface area contributed by atoms with Gasteiger partial charge >= 0.3 is 0 Å². The molecule has 1 amide bonds. The van der Waals surface area contributed by atoms with E-state index in [1.807, 2.05) is 0 Å². The summed E-state index contributed by atoms with van der Waals surface area (Å²) in [7, 11) is 0. The largest absolute Gasteiger partial charge is 0.356 e. The van der Waals surface area contributed by atoms with E-state index in [1.165, 1.54) is 5.56 Å². The molecule has 0 saturated carbocycles. The minimum Gasteiger partial charge on any atom is -0.356 e. The summed E-state index contributed by atoms with van der Waals surface area (Å²) in [5.74, 6) is 0.423. The molecule has 1 atom stereocenters. The Morgan fingerprint density at radius 2 is 2.44 bits per heavy atom. The predicted molar refractivity (Wildman–Crippen MR) is 67.5 cm³/mol. The van der Waals surface area contributed by atoms with E-state index in [2.05, 4.69) is 34.3 Å². The molecule has 1 aliphatic carbocycles. The highest BCUT2D eigenvalue weighted by atomic mass is 32.1. The third-order valence-corrected chi connectivity index (χ3v) is 3.66. The molecule has 16 heavy (non-hydrogen) atoms. The first-order valence-electron chi connectivity index (χ1n) is 5.80. The number of nitrogens with one attached hydrogen (secondary N) is 1. The van der Waals surface area contributed by atoms with Crippen molar-refractivity contribution in [1.29, 1.82) is 0 Å². The number of carbonyl (C=O) groups excluding carboxylic acids is 1. The first kappa shape index (κ1) is 11.4. The van der Waals surface area contributed by atoms with Gasteiger partial charge in [-0.2, -0.15) is 11.3 Å². The minimum absolute atomic E-state index is 0.201. The molecule has 1 aromatic heterocycles. The zero-order valence-corrected chi connectivity index (χ0v) is 10.1. The van der Waals surface area contributed by atoms with Gasteiger partial charge in [0.15, 0.2) is 0 Å². The molecular weight excluding hydrogens is 218 g/mol. The molecule has 0 radical (unpaired) electrons. The van der Waals surface area contributed by atoms with E-state index in [0.717, 1.165) is 32.2 Å². The molecule has 0 saturated heterocycles. The van der Waals surface area contributed by atoms with E-state index in [9.17, 15) is 4.79 Å². The molecule has 0 unspecified atom stereocenters. The van der Waals surface area contributed by atoms with Crippen molar-refractivity contribution in [2.45, 2.75) is 25.7 Å². The molecule has 0 spiro atoms. The summed E-state index contributed by atoms with van der Waals surface area (Å²) in [4.78, 5) is 11.8. The number of carbonyl (C=O) groups is 1. The van der Waals surface area contributed by atoms with Crippen LogP contribution in [0, 0.1) is 5.92 Å². The van der Waals surface area contributed by atoms with E-state index in [0.29, 0.717) is 0 Å². The van der Waals surface area contributed by atoms with Gasteiger partial charge in [0.25, 0.3) is 0 Å². The van der Waals surface area contributed by atoms with Gasteiger partial charge in [-0.15, -0.1) is 0 Å². The topological polar surface area (TPSA) is 29.1 Å². The lowest BCUT2D eigenvalue weighted by atomic mass is 9.94. The van der Waals surface area contributed by atoms with Gasteiger partial charge < -0.3 is 5.32 Å². The molecule has 2 nitrogen and oxygen atoms in total. The highest BCUT2D eigenvalue weighted by Crippen LogP contribution is 2.17. The van der Waals surface area contributed by atoms with Gasteiger partial charge in [0, 0.05) is 12.5 Å². The second kappa shape index (κ2) is 5.85. The van der Waals surface area contributed by atoms with Crippen LogP contribution in [0.25, 0.3) is 0 Å². The lowest BCUT2D eigenvalue weighted by Crippen LogP contribution is -2.32. The van der Waals surface area contributed by atoms with Crippen molar-refractivity contribution >= 4 is 17.2 Å². The Morgan fingerprint density at radius 3 is 3.12 bits per heavy atom. The second-order valence-corrected chi connectivity index (χ2v) is 4.93. The van der Waals surface area contributed by atoms with E-state index in [1.54, 1.807) is 11.3 Å². The van der Waals surface area contributed by atoms with Crippen LogP contribution in [0.3, 0.4) is 0 Å². The average Bonchev–Trinajstić information content (AvgIpc) is 2.83. The van der Waals surface area contributed by atoms with E-state index in [4.69, 9.17) is 0 Å². The maximum atomic E-state index is 11.8. The van der Waals surface area contributed by atoms with E-state index >= 15 is 0 Å². The van der Waals surface area contributed by atoms with Gasteiger partial charge in [-0.25, -0.2) is 0 Å². The van der Waals surface area contributed by atoms with Crippen LogP contribution in [0.2, 0.25) is 0 Å². The van der Waals surface area contributed by atoms with Crippen LogP contribution in [0.5, 0.6) is 0 Å². The van der Waals surface area contributed by atoms with Crippen LogP contribution >= 0.6 is 11.3 Å². The van der Waals surface area contributed by atoms with Gasteiger partial charge in [-0.05, 0) is 48.1 Å². The van der Waals surface area contributed by atoms with Crippen molar-refractivity contribution in [2.24, 2.45) is 5.92 Å². The standard InChI is InChI=1S/C13H17NOS/c15-13(12-4-2-1-3-5-12)14-8-6-11-7-9-16-10-11/h1-2,7,9-10,12H,3-6,8H2,(H,14,15)/t12-/m0/s1. The molecule has 2 rings (SSSR count). The molecule has 1 aliphatic rings. The Hall–Kier alpha value is -1.09. The minimum atomic E-state index is 0.201. The molecule has 0 aromatic carbocycles. The fourth-order valence-corrected chi connectivity index (χ4v) is 2.64. The molecular formula is C13H17NOS. The Labute approximate surface area is 100 Å². The SMILES string of the molecule is O=C(NCCc1ccsc1)[C@H]1CC=CCC1. The lowest BCUT2D eigenvalue weighted by Gasteiger charge is -2.16. The van der Waals surface area contributed by atoms with Gasteiger partial charge in [-0.3, -0.25) is 4.79 Å². The highest BCUT2D eigenvalue weighted by Gasteiger charge is 2.17. The maximum Gasteiger partial charge on any atom is 0.223 e. The summed E-state index contributed by atoms with van der Waals surface area (Å²) in [6.07, 6.45) is 8.17. The normalized spacial score (nSPS) is 19.6. The number of thiophene rings is 1. The molecule has 1 heterocycles.